The molecule has 1 fully saturated rings. The summed E-state index contributed by atoms with van der Waals surface area (Å²) in [7, 11) is -2.17. The first-order chi connectivity index (χ1) is 10.4. The van der Waals surface area contributed by atoms with Gasteiger partial charge in [0.25, 0.3) is 0 Å². The number of nitrogens with zero attached hydrogens (tertiary/aromatic N) is 1. The van der Waals surface area contributed by atoms with E-state index in [1.807, 2.05) is 0 Å². The number of carbonyl (C=O) groups excluding carboxylic acids is 1. The lowest BCUT2D eigenvalue weighted by molar-refractivity contribution is -0.120. The summed E-state index contributed by atoms with van der Waals surface area (Å²) in [5.74, 6) is -0.380. The molecule has 1 N–H and O–H groups in total. The Morgan fingerprint density at radius 1 is 1.32 bits per heavy atom. The molecular formula is C15H21FN2O3S. The Hall–Kier alpha value is -1.47. The molecule has 1 saturated heterocycles. The van der Waals surface area contributed by atoms with Gasteiger partial charge in [0.1, 0.15) is 10.7 Å². The lowest BCUT2D eigenvalue weighted by atomic mass is 9.93. The Labute approximate surface area is 130 Å². The second kappa shape index (κ2) is 7.19. The molecule has 0 bridgehead atoms. The fourth-order valence-electron chi connectivity index (χ4n) is 2.69. The van der Waals surface area contributed by atoms with Crippen LogP contribution in [0.4, 0.5) is 4.39 Å². The van der Waals surface area contributed by atoms with E-state index in [0.717, 1.165) is 12.5 Å². The van der Waals surface area contributed by atoms with E-state index in [1.54, 1.807) is 7.05 Å². The molecular weight excluding hydrogens is 307 g/mol. The third kappa shape index (κ3) is 3.84. The summed E-state index contributed by atoms with van der Waals surface area (Å²) >= 11 is 0. The summed E-state index contributed by atoms with van der Waals surface area (Å²) < 4.78 is 39.9. The van der Waals surface area contributed by atoms with Crippen molar-refractivity contribution >= 4 is 15.9 Å². The molecule has 7 heteroatoms. The van der Waals surface area contributed by atoms with Crippen molar-refractivity contribution in [3.05, 3.63) is 30.1 Å². The van der Waals surface area contributed by atoms with Crippen molar-refractivity contribution in [1.29, 1.82) is 0 Å². The molecule has 1 amide bonds. The molecule has 2 rings (SSSR count). The van der Waals surface area contributed by atoms with Gasteiger partial charge in [0.05, 0.1) is 0 Å². The highest BCUT2D eigenvalue weighted by molar-refractivity contribution is 7.89. The fraction of sp³-hybridized carbons (Fsp3) is 0.533. The van der Waals surface area contributed by atoms with Crippen LogP contribution in [-0.2, 0) is 14.8 Å². The van der Waals surface area contributed by atoms with Gasteiger partial charge in [-0.15, -0.1) is 0 Å². The summed E-state index contributed by atoms with van der Waals surface area (Å²) in [6.45, 7) is 0.740. The number of rotatable bonds is 5. The Kier molecular flexibility index (Phi) is 5.52. The molecule has 0 atom stereocenters. The van der Waals surface area contributed by atoms with Crippen LogP contribution in [0.1, 0.15) is 25.7 Å². The predicted molar refractivity (Wildman–Crippen MR) is 81.2 cm³/mol. The number of benzene rings is 1. The maximum Gasteiger partial charge on any atom is 0.245 e. The van der Waals surface area contributed by atoms with Crippen molar-refractivity contribution < 1.29 is 17.6 Å². The van der Waals surface area contributed by atoms with E-state index in [0.29, 0.717) is 38.3 Å². The minimum absolute atomic E-state index is 0.00130. The number of hydrogen-bond donors (Lipinski definition) is 1. The maximum absolute atomic E-state index is 13.7. The van der Waals surface area contributed by atoms with E-state index in [-0.39, 0.29) is 10.8 Å². The van der Waals surface area contributed by atoms with Gasteiger partial charge in [0.15, 0.2) is 0 Å². The molecule has 0 aromatic heterocycles. The van der Waals surface area contributed by atoms with Gasteiger partial charge < -0.3 is 5.32 Å². The molecule has 0 aliphatic carbocycles. The lowest BCUT2D eigenvalue weighted by Gasteiger charge is -2.31. The van der Waals surface area contributed by atoms with Crippen molar-refractivity contribution in [3.63, 3.8) is 0 Å². The number of nitrogens with one attached hydrogen (secondary N) is 1. The van der Waals surface area contributed by atoms with E-state index in [4.69, 9.17) is 0 Å². The van der Waals surface area contributed by atoms with Crippen LogP contribution in [0.5, 0.6) is 0 Å². The zero-order valence-electron chi connectivity index (χ0n) is 12.6. The van der Waals surface area contributed by atoms with Crippen LogP contribution in [0, 0.1) is 11.7 Å². The average Bonchev–Trinajstić information content (AvgIpc) is 2.53. The van der Waals surface area contributed by atoms with E-state index >= 15 is 0 Å². The van der Waals surface area contributed by atoms with Crippen LogP contribution >= 0.6 is 0 Å². The van der Waals surface area contributed by atoms with Gasteiger partial charge in [-0.3, -0.25) is 4.79 Å². The molecule has 5 nitrogen and oxygen atoms in total. The van der Waals surface area contributed by atoms with Crippen molar-refractivity contribution in [2.75, 3.05) is 20.1 Å². The highest BCUT2D eigenvalue weighted by Gasteiger charge is 2.31. The fourth-order valence-corrected chi connectivity index (χ4v) is 4.23. The van der Waals surface area contributed by atoms with Crippen LogP contribution in [0.15, 0.2) is 29.2 Å². The monoisotopic (exact) mass is 328 g/mol. The van der Waals surface area contributed by atoms with Gasteiger partial charge in [0, 0.05) is 26.6 Å². The van der Waals surface area contributed by atoms with E-state index in [2.05, 4.69) is 5.32 Å². The number of halogens is 1. The quantitative estimate of drug-likeness (QED) is 0.895. The molecule has 122 valence electrons. The Morgan fingerprint density at radius 3 is 2.55 bits per heavy atom. The smallest absolute Gasteiger partial charge is 0.245 e. The number of carbonyl (C=O) groups is 1. The first-order valence-electron chi connectivity index (χ1n) is 7.40. The van der Waals surface area contributed by atoms with E-state index < -0.39 is 15.8 Å². The van der Waals surface area contributed by atoms with Crippen LogP contribution < -0.4 is 5.32 Å². The van der Waals surface area contributed by atoms with Crippen LogP contribution in [0.2, 0.25) is 0 Å². The zero-order chi connectivity index (χ0) is 16.2. The SMILES string of the molecule is CNC(=O)CCC1CCN(S(=O)(=O)c2ccccc2F)CC1. The number of hydrogen-bond acceptors (Lipinski definition) is 3. The van der Waals surface area contributed by atoms with Crippen LogP contribution in [0.3, 0.4) is 0 Å². The standard InChI is InChI=1S/C15H21FN2O3S/c1-17-15(19)7-6-12-8-10-18(11-9-12)22(20,21)14-5-3-2-4-13(14)16/h2-5,12H,6-11H2,1H3,(H,17,19). The molecule has 0 spiro atoms. The second-order valence-electron chi connectivity index (χ2n) is 5.49. The third-order valence-corrected chi connectivity index (χ3v) is 6.02. The molecule has 0 saturated carbocycles. The van der Waals surface area contributed by atoms with E-state index in [1.165, 1.54) is 22.5 Å². The van der Waals surface area contributed by atoms with Crippen molar-refractivity contribution in [1.82, 2.24) is 9.62 Å². The zero-order valence-corrected chi connectivity index (χ0v) is 13.4. The first kappa shape index (κ1) is 16.9. The second-order valence-corrected chi connectivity index (χ2v) is 7.40. The maximum atomic E-state index is 13.7. The minimum atomic E-state index is -3.77. The number of piperidine rings is 1. The Bertz CT molecular complexity index is 625. The molecule has 1 heterocycles. The van der Waals surface area contributed by atoms with Gasteiger partial charge in [-0.05, 0) is 37.3 Å². The van der Waals surface area contributed by atoms with Gasteiger partial charge in [-0.2, -0.15) is 4.31 Å². The van der Waals surface area contributed by atoms with Crippen LogP contribution in [0.25, 0.3) is 0 Å². The van der Waals surface area contributed by atoms with Gasteiger partial charge in [0.2, 0.25) is 15.9 Å². The van der Waals surface area contributed by atoms with Crippen molar-refractivity contribution in [2.24, 2.45) is 5.92 Å². The first-order valence-corrected chi connectivity index (χ1v) is 8.84. The number of amides is 1. The topological polar surface area (TPSA) is 66.5 Å². The normalized spacial score (nSPS) is 17.4. The number of sulfonamides is 1. The highest BCUT2D eigenvalue weighted by atomic mass is 32.2. The van der Waals surface area contributed by atoms with E-state index in [9.17, 15) is 17.6 Å². The molecule has 1 aliphatic rings. The minimum Gasteiger partial charge on any atom is -0.359 e. The highest BCUT2D eigenvalue weighted by Crippen LogP contribution is 2.27. The lowest BCUT2D eigenvalue weighted by Crippen LogP contribution is -2.39. The molecule has 1 aliphatic heterocycles. The summed E-state index contributed by atoms with van der Waals surface area (Å²) in [6, 6.07) is 5.44. The molecule has 1 aromatic carbocycles. The summed E-state index contributed by atoms with van der Waals surface area (Å²) in [5, 5.41) is 2.58. The largest absolute Gasteiger partial charge is 0.359 e. The average molecular weight is 328 g/mol. The molecule has 1 aromatic rings. The Morgan fingerprint density at radius 2 is 1.95 bits per heavy atom. The third-order valence-electron chi connectivity index (χ3n) is 4.09. The Balaban J connectivity index is 1.96. The summed E-state index contributed by atoms with van der Waals surface area (Å²) in [4.78, 5) is 11.0. The van der Waals surface area contributed by atoms with Gasteiger partial charge >= 0.3 is 0 Å². The van der Waals surface area contributed by atoms with Crippen molar-refractivity contribution in [3.8, 4) is 0 Å². The van der Waals surface area contributed by atoms with Crippen LogP contribution in [-0.4, -0.2) is 38.8 Å². The molecule has 0 unspecified atom stereocenters. The summed E-state index contributed by atoms with van der Waals surface area (Å²) in [6.07, 6.45) is 2.61. The van der Waals surface area contributed by atoms with Gasteiger partial charge in [-0.1, -0.05) is 12.1 Å². The van der Waals surface area contributed by atoms with Crippen molar-refractivity contribution in [2.45, 2.75) is 30.6 Å². The van der Waals surface area contributed by atoms with Gasteiger partial charge in [-0.25, -0.2) is 12.8 Å². The predicted octanol–water partition coefficient (Wildman–Crippen LogP) is 1.75. The molecule has 22 heavy (non-hydrogen) atoms. The summed E-state index contributed by atoms with van der Waals surface area (Å²) in [5.41, 5.74) is 0. The molecule has 0 radical (unpaired) electrons.